The van der Waals surface area contributed by atoms with Crippen LogP contribution in [0.3, 0.4) is 0 Å². The Morgan fingerprint density at radius 1 is 0.133 bits per heavy atom. The van der Waals surface area contributed by atoms with Crippen molar-refractivity contribution in [2.24, 2.45) is 0 Å². The van der Waals surface area contributed by atoms with Crippen LogP contribution in [-0.2, 0) is 78.5 Å². The molecule has 0 atom stereocenters. The Kier molecular flexibility index (Phi) is 36.1. The fourth-order valence-electron chi connectivity index (χ4n) is 11.9. The number of aromatic nitrogens is 12. The first-order valence-corrected chi connectivity index (χ1v) is 35.4. The molecule has 0 fully saturated rings. The molecule has 4 aromatic heterocycles. The molecule has 24 heteroatoms. The highest BCUT2D eigenvalue weighted by Crippen LogP contribution is 2.09. The Bertz CT molecular complexity index is 3000. The molecule has 0 radical (unpaired) electrons. The van der Waals surface area contributed by atoms with E-state index in [-0.39, 0.29) is 78.5 Å². The maximum Gasteiger partial charge on any atom is 0.336 e. The summed E-state index contributed by atoms with van der Waals surface area (Å²) in [5.74, 6) is 0. The predicted molar refractivity (Wildman–Crippen MR) is 357 cm³/mol. The van der Waals surface area contributed by atoms with Crippen molar-refractivity contribution in [3.05, 3.63) is 126 Å². The summed E-state index contributed by atoms with van der Waals surface area (Å²) in [6.07, 6.45) is 26.4. The van der Waals surface area contributed by atoms with Gasteiger partial charge in [0.25, 0.3) is 0 Å². The summed E-state index contributed by atoms with van der Waals surface area (Å²) < 4.78 is 13.9. The molecule has 0 saturated carbocycles. The molecule has 0 aliphatic heterocycles. The second-order valence-corrected chi connectivity index (χ2v) is 24.8. The molecular weight excluding hydrogens is 1150 g/mol. The van der Waals surface area contributed by atoms with Crippen LogP contribution in [0.15, 0.2) is 57.5 Å². The third kappa shape index (κ3) is 22.8. The number of unbranched alkanes of at least 4 members (excludes halogenated alkanes) is 27. The van der Waals surface area contributed by atoms with E-state index in [1.165, 1.54) is 27.4 Å². The van der Waals surface area contributed by atoms with E-state index in [1.54, 1.807) is 0 Å². The fraction of sp³-hybridized carbons (Fsp3) is 0.818. The van der Waals surface area contributed by atoms with E-state index >= 15 is 0 Å². The van der Waals surface area contributed by atoms with Gasteiger partial charge < -0.3 is 0 Å². The minimum atomic E-state index is -0.742. The minimum Gasteiger partial charge on any atom is -0.247 e. The van der Waals surface area contributed by atoms with Crippen LogP contribution in [0.5, 0.6) is 0 Å². The standard InChI is InChI=1S/C66H114N12O12/c1-7-13-19-31-43-67-55(79)68(44-32-20-14-8-2)59(83)73(58(67)82)49-37-25-28-40-52-76-64(88)77(53-41-29-26-38-50-74-60(84)69(45-33-21-15-9-3)56(80)70(61(74)85)46-34-22-16-10-4)66(90)78(65(76)89)54-42-30-27-39-51-75-62(86)71(47-35-23-17-11-5)57(81)72(63(75)87)48-36-24-18-12-6/h7-54H2,1-6H3. The summed E-state index contributed by atoms with van der Waals surface area (Å²) in [6, 6.07) is 0. The van der Waals surface area contributed by atoms with Crippen LogP contribution in [0.1, 0.15) is 273 Å². The number of hydrogen-bond acceptors (Lipinski definition) is 12. The molecule has 4 heterocycles. The first kappa shape index (κ1) is 76.1. The van der Waals surface area contributed by atoms with Gasteiger partial charge in [-0.25, -0.2) is 112 Å². The Labute approximate surface area is 529 Å². The molecule has 4 rings (SSSR count). The molecule has 4 aromatic rings. The second kappa shape index (κ2) is 42.7. The lowest BCUT2D eigenvalue weighted by Crippen LogP contribution is -2.54. The van der Waals surface area contributed by atoms with Crippen molar-refractivity contribution >= 4 is 0 Å². The van der Waals surface area contributed by atoms with Crippen molar-refractivity contribution in [1.82, 2.24) is 54.8 Å². The summed E-state index contributed by atoms with van der Waals surface area (Å²) >= 11 is 0. The van der Waals surface area contributed by atoms with E-state index in [0.29, 0.717) is 116 Å². The van der Waals surface area contributed by atoms with Crippen LogP contribution in [0.25, 0.3) is 0 Å². The Balaban J connectivity index is 1.54. The van der Waals surface area contributed by atoms with Crippen LogP contribution in [0.2, 0.25) is 0 Å². The van der Waals surface area contributed by atoms with Crippen molar-refractivity contribution in [2.75, 3.05) is 0 Å². The van der Waals surface area contributed by atoms with Crippen molar-refractivity contribution in [3.63, 3.8) is 0 Å². The molecule has 510 valence electrons. The lowest BCUT2D eigenvalue weighted by atomic mass is 10.2. The van der Waals surface area contributed by atoms with Gasteiger partial charge >= 0.3 is 68.3 Å². The molecule has 0 N–H and O–H groups in total. The molecule has 0 aliphatic carbocycles. The Morgan fingerprint density at radius 3 is 0.289 bits per heavy atom. The van der Waals surface area contributed by atoms with E-state index in [2.05, 4.69) is 41.5 Å². The molecule has 0 aliphatic rings. The topological polar surface area (TPSA) is 264 Å². The number of rotatable bonds is 51. The minimum absolute atomic E-state index is 0.00236. The van der Waals surface area contributed by atoms with Crippen LogP contribution < -0.4 is 68.3 Å². The van der Waals surface area contributed by atoms with Gasteiger partial charge in [-0.15, -0.1) is 0 Å². The van der Waals surface area contributed by atoms with Crippen molar-refractivity contribution in [2.45, 2.75) is 351 Å². The average molecular weight is 1270 g/mol. The Hall–Kier alpha value is -6.36. The zero-order chi connectivity index (χ0) is 65.8. The highest BCUT2D eigenvalue weighted by Gasteiger charge is 2.20. The molecule has 24 nitrogen and oxygen atoms in total. The Morgan fingerprint density at radius 2 is 0.211 bits per heavy atom. The van der Waals surface area contributed by atoms with Gasteiger partial charge in [0.05, 0.1) is 0 Å². The van der Waals surface area contributed by atoms with Crippen LogP contribution >= 0.6 is 0 Å². The van der Waals surface area contributed by atoms with Crippen LogP contribution in [-0.4, -0.2) is 54.8 Å². The summed E-state index contributed by atoms with van der Waals surface area (Å²) in [6.45, 7) is 14.2. The molecule has 0 amide bonds. The van der Waals surface area contributed by atoms with Gasteiger partial charge in [0.1, 0.15) is 0 Å². The molecule has 90 heavy (non-hydrogen) atoms. The quantitative estimate of drug-likeness (QED) is 0.0382. The van der Waals surface area contributed by atoms with Gasteiger partial charge in [0.2, 0.25) is 0 Å². The van der Waals surface area contributed by atoms with Gasteiger partial charge in [-0.05, 0) is 77.0 Å². The zero-order valence-electron chi connectivity index (χ0n) is 56.2. The van der Waals surface area contributed by atoms with Crippen molar-refractivity contribution in [3.8, 4) is 0 Å². The summed E-state index contributed by atoms with van der Waals surface area (Å²) in [5.41, 5.74) is -7.64. The van der Waals surface area contributed by atoms with Gasteiger partial charge in [-0.1, -0.05) is 196 Å². The first-order valence-electron chi connectivity index (χ1n) is 35.4. The summed E-state index contributed by atoms with van der Waals surface area (Å²) in [5, 5.41) is 0. The maximum atomic E-state index is 14.2. The SMILES string of the molecule is CCCCCCn1c(=O)n(CCCCCC)c(=O)n(CCCCCCn2c(=O)n(CCCCCCn3c(=O)n(CCCCCC)c(=O)n(CCCCCC)c3=O)c(=O)n(CCCCCCn3c(=O)n(CCCCCC)c(=O)n(CCCCCC)c3=O)c2=O)c1=O. The monoisotopic (exact) mass is 1270 g/mol. The van der Waals surface area contributed by atoms with Crippen molar-refractivity contribution in [1.29, 1.82) is 0 Å². The summed E-state index contributed by atoms with van der Waals surface area (Å²) in [7, 11) is 0. The van der Waals surface area contributed by atoms with E-state index in [9.17, 15) is 57.5 Å². The van der Waals surface area contributed by atoms with Gasteiger partial charge in [0.15, 0.2) is 0 Å². The number of hydrogen-bond donors (Lipinski definition) is 0. The van der Waals surface area contributed by atoms with E-state index < -0.39 is 68.3 Å². The highest BCUT2D eigenvalue weighted by atomic mass is 16.2. The largest absolute Gasteiger partial charge is 0.336 e. The molecule has 0 aromatic carbocycles. The predicted octanol–water partition coefficient (Wildman–Crippen LogP) is 7.89. The molecule has 0 saturated heterocycles. The third-order valence-corrected chi connectivity index (χ3v) is 17.5. The maximum absolute atomic E-state index is 14.2. The molecule has 0 unspecified atom stereocenters. The molecule has 0 bridgehead atoms. The second-order valence-electron chi connectivity index (χ2n) is 24.8. The highest BCUT2D eigenvalue weighted by molar-refractivity contribution is 4.84. The smallest absolute Gasteiger partial charge is 0.247 e. The van der Waals surface area contributed by atoms with Gasteiger partial charge in [-0.3, -0.25) is 0 Å². The normalized spacial score (nSPS) is 11.7. The fourth-order valence-corrected chi connectivity index (χ4v) is 11.9. The van der Waals surface area contributed by atoms with Crippen LogP contribution in [0.4, 0.5) is 0 Å². The average Bonchev–Trinajstić information content (AvgIpc) is 0.869. The van der Waals surface area contributed by atoms with Crippen LogP contribution in [0, 0.1) is 0 Å². The van der Waals surface area contributed by atoms with E-state index in [4.69, 9.17) is 0 Å². The summed E-state index contributed by atoms with van der Waals surface area (Å²) in [4.78, 5) is 165. The lowest BCUT2D eigenvalue weighted by Gasteiger charge is -2.15. The number of nitrogens with zero attached hydrogens (tertiary/aromatic N) is 12. The van der Waals surface area contributed by atoms with Crippen molar-refractivity contribution < 1.29 is 0 Å². The van der Waals surface area contributed by atoms with Gasteiger partial charge in [0, 0.05) is 78.5 Å². The van der Waals surface area contributed by atoms with E-state index in [1.807, 2.05) is 0 Å². The molecule has 0 spiro atoms. The third-order valence-electron chi connectivity index (χ3n) is 17.5. The van der Waals surface area contributed by atoms with Gasteiger partial charge in [-0.2, -0.15) is 0 Å². The zero-order valence-corrected chi connectivity index (χ0v) is 56.2. The van der Waals surface area contributed by atoms with E-state index in [0.717, 1.165) is 143 Å². The lowest BCUT2D eigenvalue weighted by molar-refractivity contribution is 0.396. The molecular formula is C66H114N12O12. The first-order chi connectivity index (χ1) is 43.6.